The molecule has 0 fully saturated rings. The van der Waals surface area contributed by atoms with Gasteiger partial charge in [-0.1, -0.05) is 31.2 Å². The van der Waals surface area contributed by atoms with Crippen molar-refractivity contribution in [2.45, 2.75) is 13.3 Å². The van der Waals surface area contributed by atoms with Crippen molar-refractivity contribution in [3.63, 3.8) is 0 Å². The molecule has 0 saturated heterocycles. The van der Waals surface area contributed by atoms with Gasteiger partial charge in [-0.3, -0.25) is 0 Å². The van der Waals surface area contributed by atoms with Gasteiger partial charge in [-0.25, -0.2) is 9.97 Å². The number of para-hydroxylation sites is 2. The Morgan fingerprint density at radius 1 is 0.952 bits per heavy atom. The van der Waals surface area contributed by atoms with Crippen molar-refractivity contribution < 1.29 is 0 Å². The van der Waals surface area contributed by atoms with E-state index in [9.17, 15) is 0 Å². The summed E-state index contributed by atoms with van der Waals surface area (Å²) in [5.41, 5.74) is 10.1. The van der Waals surface area contributed by atoms with Crippen molar-refractivity contribution in [3.8, 4) is 0 Å². The van der Waals surface area contributed by atoms with Crippen LogP contribution in [0.25, 0.3) is 11.0 Å². The van der Waals surface area contributed by atoms with E-state index < -0.39 is 0 Å². The lowest BCUT2D eigenvalue weighted by molar-refractivity contribution is 1.11. The van der Waals surface area contributed by atoms with Gasteiger partial charge in [-0.05, 0) is 36.2 Å². The predicted molar refractivity (Wildman–Crippen MR) is 87.8 cm³/mol. The van der Waals surface area contributed by atoms with E-state index in [0.29, 0.717) is 11.6 Å². The molecule has 1 aromatic heterocycles. The van der Waals surface area contributed by atoms with Gasteiger partial charge in [0.05, 0.1) is 11.0 Å². The zero-order valence-electron chi connectivity index (χ0n) is 12.2. The second-order valence-electron chi connectivity index (χ2n) is 5.00. The minimum absolute atomic E-state index is 0.441. The number of nitrogen functional groups attached to an aromatic ring is 1. The first-order chi connectivity index (χ1) is 10.2. The van der Waals surface area contributed by atoms with Crippen molar-refractivity contribution in [3.05, 3.63) is 54.1 Å². The van der Waals surface area contributed by atoms with Crippen molar-refractivity contribution in [2.75, 3.05) is 17.7 Å². The van der Waals surface area contributed by atoms with Crippen LogP contribution in [0.15, 0.2) is 48.5 Å². The highest BCUT2D eigenvalue weighted by Gasteiger charge is 2.12. The number of hydrogen-bond donors (Lipinski definition) is 1. The Kier molecular flexibility index (Phi) is 3.44. The van der Waals surface area contributed by atoms with Gasteiger partial charge < -0.3 is 10.6 Å². The molecule has 2 N–H and O–H groups in total. The lowest BCUT2D eigenvalue weighted by Crippen LogP contribution is -2.14. The van der Waals surface area contributed by atoms with E-state index in [1.807, 2.05) is 36.2 Å². The SMILES string of the molecule is CCc1ccc(N(C)c2nc3ccccc3nc2N)cc1. The van der Waals surface area contributed by atoms with Gasteiger partial charge >= 0.3 is 0 Å². The van der Waals surface area contributed by atoms with Crippen molar-refractivity contribution in [2.24, 2.45) is 0 Å². The predicted octanol–water partition coefficient (Wildman–Crippen LogP) is 3.54. The summed E-state index contributed by atoms with van der Waals surface area (Å²) < 4.78 is 0. The van der Waals surface area contributed by atoms with Crippen LogP contribution in [0.2, 0.25) is 0 Å². The summed E-state index contributed by atoms with van der Waals surface area (Å²) in [7, 11) is 1.95. The van der Waals surface area contributed by atoms with E-state index in [-0.39, 0.29) is 0 Å². The molecule has 0 aliphatic heterocycles. The summed E-state index contributed by atoms with van der Waals surface area (Å²) in [6, 6.07) is 16.1. The summed E-state index contributed by atoms with van der Waals surface area (Å²) in [4.78, 5) is 11.0. The first kappa shape index (κ1) is 13.4. The molecule has 3 rings (SSSR count). The molecule has 4 heteroatoms. The molecule has 0 bridgehead atoms. The summed E-state index contributed by atoms with van der Waals surface area (Å²) in [6.07, 6.45) is 1.03. The molecule has 3 aromatic rings. The Morgan fingerprint density at radius 2 is 1.57 bits per heavy atom. The Balaban J connectivity index is 2.03. The molecular formula is C17H18N4. The van der Waals surface area contributed by atoms with Crippen molar-refractivity contribution >= 4 is 28.4 Å². The third-order valence-corrected chi connectivity index (χ3v) is 3.63. The van der Waals surface area contributed by atoms with E-state index >= 15 is 0 Å². The Hall–Kier alpha value is -2.62. The van der Waals surface area contributed by atoms with E-state index in [2.05, 4.69) is 41.2 Å². The highest BCUT2D eigenvalue weighted by Crippen LogP contribution is 2.27. The average molecular weight is 278 g/mol. The molecular weight excluding hydrogens is 260 g/mol. The maximum Gasteiger partial charge on any atom is 0.176 e. The Labute approximate surface area is 124 Å². The second kappa shape index (κ2) is 5.40. The number of aromatic nitrogens is 2. The maximum absolute atomic E-state index is 6.07. The Morgan fingerprint density at radius 3 is 2.19 bits per heavy atom. The minimum Gasteiger partial charge on any atom is -0.381 e. The zero-order chi connectivity index (χ0) is 14.8. The standard InChI is InChI=1S/C17H18N4/c1-3-12-8-10-13(11-9-12)21(2)17-16(18)19-14-6-4-5-7-15(14)20-17/h4-11H,3H2,1-2H3,(H2,18,19). The van der Waals surface area contributed by atoms with E-state index in [4.69, 9.17) is 5.73 Å². The van der Waals surface area contributed by atoms with Crippen LogP contribution in [-0.2, 0) is 6.42 Å². The second-order valence-corrected chi connectivity index (χ2v) is 5.00. The molecule has 0 saturated carbocycles. The zero-order valence-corrected chi connectivity index (χ0v) is 12.2. The molecule has 4 nitrogen and oxygen atoms in total. The van der Waals surface area contributed by atoms with Crippen LogP contribution in [0.4, 0.5) is 17.3 Å². The third-order valence-electron chi connectivity index (χ3n) is 3.63. The highest BCUT2D eigenvalue weighted by molar-refractivity contribution is 5.81. The Bertz CT molecular complexity index is 765. The number of fused-ring (bicyclic) bond motifs is 1. The average Bonchev–Trinajstić information content (AvgIpc) is 2.53. The van der Waals surface area contributed by atoms with Gasteiger partial charge in [0.15, 0.2) is 11.6 Å². The number of nitrogens with two attached hydrogens (primary N) is 1. The molecule has 2 aromatic carbocycles. The minimum atomic E-state index is 0.441. The molecule has 0 aliphatic rings. The molecule has 0 radical (unpaired) electrons. The molecule has 0 aliphatic carbocycles. The fourth-order valence-corrected chi connectivity index (χ4v) is 2.33. The van der Waals surface area contributed by atoms with Gasteiger partial charge in [0.25, 0.3) is 0 Å². The van der Waals surface area contributed by atoms with Crippen molar-refractivity contribution in [1.29, 1.82) is 0 Å². The molecule has 1 heterocycles. The van der Waals surface area contributed by atoms with Gasteiger partial charge in [0, 0.05) is 12.7 Å². The number of nitrogens with zero attached hydrogens (tertiary/aromatic N) is 3. The fraction of sp³-hybridized carbons (Fsp3) is 0.176. The monoisotopic (exact) mass is 278 g/mol. The number of anilines is 3. The van der Waals surface area contributed by atoms with Gasteiger partial charge in [-0.2, -0.15) is 0 Å². The lowest BCUT2D eigenvalue weighted by atomic mass is 10.1. The van der Waals surface area contributed by atoms with Crippen LogP contribution in [0.3, 0.4) is 0 Å². The first-order valence-corrected chi connectivity index (χ1v) is 7.04. The summed E-state index contributed by atoms with van der Waals surface area (Å²) >= 11 is 0. The van der Waals surface area contributed by atoms with Crippen LogP contribution < -0.4 is 10.6 Å². The van der Waals surface area contributed by atoms with Crippen LogP contribution in [0.5, 0.6) is 0 Å². The molecule has 0 spiro atoms. The largest absolute Gasteiger partial charge is 0.381 e. The topological polar surface area (TPSA) is 55.0 Å². The molecule has 0 amide bonds. The fourth-order valence-electron chi connectivity index (χ4n) is 2.33. The number of aryl methyl sites for hydroxylation is 1. The normalized spacial score (nSPS) is 10.8. The highest BCUT2D eigenvalue weighted by atomic mass is 15.2. The lowest BCUT2D eigenvalue weighted by Gasteiger charge is -2.20. The van der Waals surface area contributed by atoms with Gasteiger partial charge in [0.1, 0.15) is 0 Å². The quantitative estimate of drug-likeness (QED) is 0.796. The number of hydrogen-bond acceptors (Lipinski definition) is 4. The van der Waals surface area contributed by atoms with E-state index in [0.717, 1.165) is 23.1 Å². The van der Waals surface area contributed by atoms with Crippen LogP contribution in [0, 0.1) is 0 Å². The van der Waals surface area contributed by atoms with Crippen LogP contribution in [-0.4, -0.2) is 17.0 Å². The molecule has 0 atom stereocenters. The number of rotatable bonds is 3. The third kappa shape index (κ3) is 2.52. The van der Waals surface area contributed by atoms with Gasteiger partial charge in [0.2, 0.25) is 0 Å². The van der Waals surface area contributed by atoms with E-state index in [1.54, 1.807) is 0 Å². The summed E-state index contributed by atoms with van der Waals surface area (Å²) in [5.74, 6) is 1.12. The maximum atomic E-state index is 6.07. The molecule has 106 valence electrons. The van der Waals surface area contributed by atoms with Crippen molar-refractivity contribution in [1.82, 2.24) is 9.97 Å². The van der Waals surface area contributed by atoms with Crippen LogP contribution >= 0.6 is 0 Å². The smallest absolute Gasteiger partial charge is 0.176 e. The van der Waals surface area contributed by atoms with E-state index in [1.165, 1.54) is 5.56 Å². The van der Waals surface area contributed by atoms with Gasteiger partial charge in [-0.15, -0.1) is 0 Å². The first-order valence-electron chi connectivity index (χ1n) is 7.04. The summed E-state index contributed by atoms with van der Waals surface area (Å²) in [6.45, 7) is 2.14. The molecule has 21 heavy (non-hydrogen) atoms. The summed E-state index contributed by atoms with van der Waals surface area (Å²) in [5, 5.41) is 0. The van der Waals surface area contributed by atoms with Crippen LogP contribution in [0.1, 0.15) is 12.5 Å². The molecule has 0 unspecified atom stereocenters. The number of benzene rings is 2.